The molecule has 0 saturated carbocycles. The van der Waals surface area contributed by atoms with Crippen molar-refractivity contribution in [3.05, 3.63) is 52.5 Å². The van der Waals surface area contributed by atoms with E-state index in [2.05, 4.69) is 4.90 Å². The molecule has 1 fully saturated rings. The molecular formula is C23H27Cl2NO6. The first kappa shape index (κ1) is 24.5. The predicted molar refractivity (Wildman–Crippen MR) is 123 cm³/mol. The lowest BCUT2D eigenvalue weighted by molar-refractivity contribution is -0.00203. The minimum absolute atomic E-state index is 0. The number of piperidine rings is 1. The van der Waals surface area contributed by atoms with Crippen molar-refractivity contribution in [2.75, 3.05) is 33.4 Å². The van der Waals surface area contributed by atoms with Gasteiger partial charge in [-0.3, -0.25) is 0 Å². The van der Waals surface area contributed by atoms with Gasteiger partial charge in [-0.2, -0.15) is 0 Å². The van der Waals surface area contributed by atoms with Crippen molar-refractivity contribution in [2.45, 2.75) is 31.0 Å². The van der Waals surface area contributed by atoms with E-state index in [0.29, 0.717) is 12.3 Å². The quantitative estimate of drug-likeness (QED) is 0.620. The van der Waals surface area contributed by atoms with Crippen LogP contribution in [0.3, 0.4) is 0 Å². The lowest BCUT2D eigenvalue weighted by Crippen LogP contribution is -2.49. The van der Waals surface area contributed by atoms with Crippen LogP contribution in [0.15, 0.2) is 36.4 Å². The van der Waals surface area contributed by atoms with Crippen molar-refractivity contribution in [3.63, 3.8) is 0 Å². The highest BCUT2D eigenvalue weighted by molar-refractivity contribution is 6.30. The van der Waals surface area contributed by atoms with Crippen molar-refractivity contribution >= 4 is 30.0 Å². The first-order valence-corrected chi connectivity index (χ1v) is 10.7. The van der Waals surface area contributed by atoms with E-state index in [1.807, 2.05) is 18.2 Å². The van der Waals surface area contributed by atoms with Gasteiger partial charge in [-0.25, -0.2) is 4.79 Å². The van der Waals surface area contributed by atoms with Crippen molar-refractivity contribution in [3.8, 4) is 17.2 Å². The molecule has 2 aromatic carbocycles. The second-order valence-electron chi connectivity index (χ2n) is 8.15. The lowest BCUT2D eigenvalue weighted by atomic mass is 9.87. The molecule has 2 aliphatic rings. The van der Waals surface area contributed by atoms with Gasteiger partial charge in [0.2, 0.25) is 0 Å². The Morgan fingerprint density at radius 2 is 2.00 bits per heavy atom. The maximum absolute atomic E-state index is 11.4. The van der Waals surface area contributed by atoms with Crippen molar-refractivity contribution < 1.29 is 29.2 Å². The molecule has 0 aliphatic carbocycles. The number of aromatic carboxylic acids is 1. The van der Waals surface area contributed by atoms with Gasteiger partial charge < -0.3 is 29.3 Å². The highest BCUT2D eigenvalue weighted by Crippen LogP contribution is 2.41. The summed E-state index contributed by atoms with van der Waals surface area (Å²) in [5.74, 6) is 0.500. The lowest BCUT2D eigenvalue weighted by Gasteiger charge is -2.39. The van der Waals surface area contributed by atoms with Gasteiger partial charge in [-0.15, -0.1) is 12.4 Å². The van der Waals surface area contributed by atoms with Crippen LogP contribution < -0.4 is 14.2 Å². The molecule has 2 N–H and O–H groups in total. The summed E-state index contributed by atoms with van der Waals surface area (Å²) in [4.78, 5) is 13.6. The molecule has 0 bridgehead atoms. The minimum atomic E-state index is -1.09. The normalized spacial score (nSPS) is 17.7. The molecule has 2 aromatic rings. The average Bonchev–Trinajstić information content (AvgIpc) is 3.10. The molecule has 174 valence electrons. The topological polar surface area (TPSA) is 88.5 Å². The van der Waals surface area contributed by atoms with E-state index >= 15 is 0 Å². The van der Waals surface area contributed by atoms with E-state index in [9.17, 15) is 15.0 Å². The van der Waals surface area contributed by atoms with E-state index in [0.717, 1.165) is 48.7 Å². The summed E-state index contributed by atoms with van der Waals surface area (Å²) in [6, 6.07) is 10.3. The second kappa shape index (κ2) is 10.2. The third-order valence-corrected chi connectivity index (χ3v) is 6.18. The van der Waals surface area contributed by atoms with Crippen molar-refractivity contribution in [1.82, 2.24) is 4.90 Å². The minimum Gasteiger partial charge on any atom is -0.497 e. The molecule has 1 atom stereocenters. The highest BCUT2D eigenvalue weighted by Gasteiger charge is 2.42. The second-order valence-corrected chi connectivity index (χ2v) is 8.58. The summed E-state index contributed by atoms with van der Waals surface area (Å²) in [5, 5.41) is 20.5. The number of likely N-dealkylation sites (tertiary alicyclic amines) is 1. The monoisotopic (exact) mass is 483 g/mol. The fourth-order valence-corrected chi connectivity index (χ4v) is 4.48. The van der Waals surface area contributed by atoms with Crippen LogP contribution in [0.4, 0.5) is 0 Å². The fourth-order valence-electron chi connectivity index (χ4n) is 4.29. The fraction of sp³-hybridized carbons (Fsp3) is 0.435. The first-order valence-electron chi connectivity index (χ1n) is 10.3. The number of fused-ring (bicyclic) bond motifs is 1. The van der Waals surface area contributed by atoms with Gasteiger partial charge in [0.1, 0.15) is 41.1 Å². The predicted octanol–water partition coefficient (Wildman–Crippen LogP) is 3.68. The number of carboxylic acids is 1. The van der Waals surface area contributed by atoms with Gasteiger partial charge in [-0.1, -0.05) is 11.6 Å². The summed E-state index contributed by atoms with van der Waals surface area (Å²) in [5.41, 5.74) is 0.995. The first-order chi connectivity index (χ1) is 14.9. The Balaban J connectivity index is 0.00000289. The molecule has 7 nitrogen and oxygen atoms in total. The van der Waals surface area contributed by atoms with Gasteiger partial charge in [0.05, 0.1) is 7.11 Å². The number of methoxy groups -OCH3 is 1. The molecule has 32 heavy (non-hydrogen) atoms. The standard InChI is InChI=1S/C23H26ClNO6.ClH/c1-29-18-3-4-19(22(27)28)21(11-18)30-14-17(26)13-25-8-6-23(7-9-25)12-15-10-16(24)2-5-20(15)31-23;/h2-5,10-11,17,26H,6-9,12-14H2,1H3,(H,27,28);1H/t17-;/m1./s1. The van der Waals surface area contributed by atoms with Crippen LogP contribution in [-0.2, 0) is 6.42 Å². The van der Waals surface area contributed by atoms with Gasteiger partial charge in [-0.05, 0) is 35.9 Å². The number of benzene rings is 2. The maximum Gasteiger partial charge on any atom is 0.339 e. The van der Waals surface area contributed by atoms with E-state index in [1.165, 1.54) is 19.2 Å². The van der Waals surface area contributed by atoms with Crippen LogP contribution in [-0.4, -0.2) is 66.1 Å². The number of β-amino-alcohol motifs (C(OH)–C–C–N with tert-alkyl or cyclic N) is 1. The molecule has 1 spiro atoms. The Hall–Kier alpha value is -2.19. The Morgan fingerprint density at radius 1 is 1.25 bits per heavy atom. The summed E-state index contributed by atoms with van der Waals surface area (Å²) in [6.07, 6.45) is 1.84. The molecular weight excluding hydrogens is 457 g/mol. The summed E-state index contributed by atoms with van der Waals surface area (Å²) >= 11 is 6.11. The summed E-state index contributed by atoms with van der Waals surface area (Å²) in [6.45, 7) is 2.05. The summed E-state index contributed by atoms with van der Waals surface area (Å²) < 4.78 is 17.0. The average molecular weight is 484 g/mol. The van der Waals surface area contributed by atoms with Crippen LogP contribution in [0.2, 0.25) is 5.02 Å². The van der Waals surface area contributed by atoms with Gasteiger partial charge >= 0.3 is 5.97 Å². The molecule has 0 radical (unpaired) electrons. The molecule has 2 aliphatic heterocycles. The molecule has 0 unspecified atom stereocenters. The van der Waals surface area contributed by atoms with E-state index in [-0.39, 0.29) is 35.9 Å². The Labute approximate surface area is 198 Å². The molecule has 4 rings (SSSR count). The number of hydrogen-bond donors (Lipinski definition) is 2. The molecule has 9 heteroatoms. The van der Waals surface area contributed by atoms with Crippen LogP contribution in [0.5, 0.6) is 17.2 Å². The van der Waals surface area contributed by atoms with E-state index in [4.69, 9.17) is 25.8 Å². The summed E-state index contributed by atoms with van der Waals surface area (Å²) in [7, 11) is 1.50. The van der Waals surface area contributed by atoms with Gasteiger partial charge in [0, 0.05) is 50.0 Å². The van der Waals surface area contributed by atoms with Crippen molar-refractivity contribution in [2.24, 2.45) is 0 Å². The zero-order valence-electron chi connectivity index (χ0n) is 17.8. The van der Waals surface area contributed by atoms with Crippen molar-refractivity contribution in [1.29, 1.82) is 0 Å². The van der Waals surface area contributed by atoms with Crippen LogP contribution in [0.1, 0.15) is 28.8 Å². The maximum atomic E-state index is 11.4. The van der Waals surface area contributed by atoms with Gasteiger partial charge in [0.15, 0.2) is 0 Å². The molecule has 1 saturated heterocycles. The van der Waals surface area contributed by atoms with Crippen LogP contribution in [0.25, 0.3) is 0 Å². The highest BCUT2D eigenvalue weighted by atomic mass is 35.5. The number of halogens is 2. The van der Waals surface area contributed by atoms with E-state index < -0.39 is 12.1 Å². The number of ether oxygens (including phenoxy) is 3. The third-order valence-electron chi connectivity index (χ3n) is 5.95. The largest absolute Gasteiger partial charge is 0.497 e. The number of aliphatic hydroxyl groups excluding tert-OH is 1. The Morgan fingerprint density at radius 3 is 2.69 bits per heavy atom. The van der Waals surface area contributed by atoms with Crippen LogP contribution in [0, 0.1) is 0 Å². The van der Waals surface area contributed by atoms with Gasteiger partial charge in [0.25, 0.3) is 0 Å². The smallest absolute Gasteiger partial charge is 0.339 e. The SMILES string of the molecule is COc1ccc(C(=O)O)c(OC[C@H](O)CN2CCC3(CC2)Cc2cc(Cl)ccc2O3)c1.Cl. The third kappa shape index (κ3) is 5.41. The molecule has 0 amide bonds. The number of nitrogens with zero attached hydrogens (tertiary/aromatic N) is 1. The molecule has 0 aromatic heterocycles. The zero-order chi connectivity index (χ0) is 22.0. The number of aliphatic hydroxyl groups is 1. The number of carboxylic acid groups (broad SMARTS) is 1. The van der Waals surface area contributed by atoms with E-state index in [1.54, 1.807) is 6.07 Å². The zero-order valence-corrected chi connectivity index (χ0v) is 19.3. The number of carbonyl (C=O) groups is 1. The Kier molecular flexibility index (Phi) is 7.77. The molecule has 2 heterocycles. The number of rotatable bonds is 7. The Bertz CT molecular complexity index is 961. The van der Waals surface area contributed by atoms with Crippen LogP contribution >= 0.6 is 24.0 Å². The number of hydrogen-bond acceptors (Lipinski definition) is 6.